The molecule has 42 heavy (non-hydrogen) atoms. The Balaban J connectivity index is 1.22. The number of hydrogen-bond donors (Lipinski definition) is 1. The second-order valence-corrected chi connectivity index (χ2v) is 10.8. The van der Waals surface area contributed by atoms with Crippen LogP contribution in [0.5, 0.6) is 11.5 Å². The summed E-state index contributed by atoms with van der Waals surface area (Å²) in [5, 5.41) is 9.33. The smallest absolute Gasteiger partial charge is 0.343 e. The highest BCUT2D eigenvalue weighted by molar-refractivity contribution is 5.95. The number of benzene rings is 3. The molecular formula is C35H40O7. The second kappa shape index (κ2) is 15.8. The lowest BCUT2D eigenvalue weighted by molar-refractivity contribution is 0.0270. The van der Waals surface area contributed by atoms with Gasteiger partial charge in [0.05, 0.1) is 17.7 Å². The molecule has 1 atom stereocenters. The molecule has 0 fully saturated rings. The number of aromatic carboxylic acids is 1. The van der Waals surface area contributed by atoms with E-state index in [1.165, 1.54) is 57.1 Å². The van der Waals surface area contributed by atoms with Crippen molar-refractivity contribution in [3.05, 3.63) is 94.5 Å². The number of carbonyl (C=O) groups excluding carboxylic acids is 2. The van der Waals surface area contributed by atoms with E-state index < -0.39 is 11.9 Å². The average Bonchev–Trinajstić information content (AvgIpc) is 3.00. The van der Waals surface area contributed by atoms with Gasteiger partial charge in [-0.1, -0.05) is 70.1 Å². The van der Waals surface area contributed by atoms with Crippen LogP contribution in [0.15, 0.2) is 66.7 Å². The molecule has 3 aromatic carbocycles. The van der Waals surface area contributed by atoms with Crippen molar-refractivity contribution in [2.75, 3.05) is 6.61 Å². The van der Waals surface area contributed by atoms with Crippen molar-refractivity contribution in [1.29, 1.82) is 0 Å². The summed E-state index contributed by atoms with van der Waals surface area (Å²) in [5.74, 6) is -1.40. The van der Waals surface area contributed by atoms with E-state index >= 15 is 0 Å². The number of carbonyl (C=O) groups is 3. The summed E-state index contributed by atoms with van der Waals surface area (Å²) < 4.78 is 17.0. The van der Waals surface area contributed by atoms with Crippen molar-refractivity contribution in [2.24, 2.45) is 0 Å². The molecule has 4 rings (SSSR count). The van der Waals surface area contributed by atoms with Crippen molar-refractivity contribution in [1.82, 2.24) is 0 Å². The van der Waals surface area contributed by atoms with E-state index in [9.17, 15) is 19.5 Å². The van der Waals surface area contributed by atoms with Gasteiger partial charge in [0.25, 0.3) is 0 Å². The first-order valence-electron chi connectivity index (χ1n) is 15.0. The SMILES string of the molecule is CCCCCCCCCCOc1ccc(C(=O)OC2CCc3cc(C(=O)Oc4ccccc4C(=O)O)ccc3C2)cc1. The molecule has 1 unspecified atom stereocenters. The molecule has 0 bridgehead atoms. The van der Waals surface area contributed by atoms with Crippen LogP contribution in [-0.4, -0.2) is 35.7 Å². The Morgan fingerprint density at radius 1 is 0.786 bits per heavy atom. The molecule has 0 aliphatic heterocycles. The van der Waals surface area contributed by atoms with Gasteiger partial charge in [-0.3, -0.25) is 0 Å². The van der Waals surface area contributed by atoms with E-state index in [1.807, 2.05) is 18.2 Å². The van der Waals surface area contributed by atoms with E-state index in [1.54, 1.807) is 36.4 Å². The number of rotatable bonds is 15. The Hall–Kier alpha value is -4.13. The Morgan fingerprint density at radius 2 is 1.48 bits per heavy atom. The predicted octanol–water partition coefficient (Wildman–Crippen LogP) is 7.84. The third kappa shape index (κ3) is 8.93. The molecule has 0 saturated carbocycles. The fourth-order valence-electron chi connectivity index (χ4n) is 5.17. The molecular weight excluding hydrogens is 532 g/mol. The van der Waals surface area contributed by atoms with Gasteiger partial charge in [0, 0.05) is 6.42 Å². The summed E-state index contributed by atoms with van der Waals surface area (Å²) >= 11 is 0. The van der Waals surface area contributed by atoms with E-state index in [4.69, 9.17) is 14.2 Å². The summed E-state index contributed by atoms with van der Waals surface area (Å²) in [6, 6.07) is 18.4. The van der Waals surface area contributed by atoms with Crippen molar-refractivity contribution in [2.45, 2.75) is 83.7 Å². The van der Waals surface area contributed by atoms with Gasteiger partial charge in [-0.25, -0.2) is 14.4 Å². The normalized spacial score (nSPS) is 14.1. The number of para-hydroxylation sites is 1. The van der Waals surface area contributed by atoms with Crippen LogP contribution in [0.1, 0.15) is 107 Å². The van der Waals surface area contributed by atoms with Crippen LogP contribution in [0, 0.1) is 0 Å². The van der Waals surface area contributed by atoms with E-state index in [0.717, 1.165) is 23.3 Å². The molecule has 1 aliphatic rings. The molecule has 0 heterocycles. The topological polar surface area (TPSA) is 99.1 Å². The Morgan fingerprint density at radius 3 is 2.21 bits per heavy atom. The molecule has 0 radical (unpaired) electrons. The highest BCUT2D eigenvalue weighted by Gasteiger charge is 2.24. The first kappa shape index (κ1) is 30.8. The number of carboxylic acids is 1. The zero-order valence-corrected chi connectivity index (χ0v) is 24.3. The Labute approximate surface area is 247 Å². The minimum Gasteiger partial charge on any atom is -0.494 e. The highest BCUT2D eigenvalue weighted by Crippen LogP contribution is 2.27. The fourth-order valence-corrected chi connectivity index (χ4v) is 5.17. The summed E-state index contributed by atoms with van der Waals surface area (Å²) in [6.07, 6.45) is 11.6. The first-order valence-corrected chi connectivity index (χ1v) is 15.0. The standard InChI is InChI=1S/C35H40O7/c1-2-3-4-5-6-7-8-11-22-40-29-19-16-25(17-20-29)34(38)41-30-21-18-26-23-28(15-14-27(26)24-30)35(39)42-32-13-10-9-12-31(32)33(36)37/h9-10,12-17,19-20,23,30H,2-8,11,18,21-22,24H2,1H3,(H,36,37). The van der Waals surface area contributed by atoms with Gasteiger partial charge in [0.1, 0.15) is 23.2 Å². The Kier molecular flexibility index (Phi) is 11.6. The van der Waals surface area contributed by atoms with Crippen LogP contribution in [-0.2, 0) is 17.6 Å². The lowest BCUT2D eigenvalue weighted by Crippen LogP contribution is -2.26. The largest absolute Gasteiger partial charge is 0.494 e. The zero-order valence-electron chi connectivity index (χ0n) is 24.3. The van der Waals surface area contributed by atoms with E-state index in [0.29, 0.717) is 37.0 Å². The molecule has 0 saturated heterocycles. The van der Waals surface area contributed by atoms with Gasteiger partial charge in [-0.05, 0) is 78.9 Å². The number of ether oxygens (including phenoxy) is 3. The van der Waals surface area contributed by atoms with Gasteiger partial charge in [-0.15, -0.1) is 0 Å². The number of esters is 2. The molecule has 0 spiro atoms. The molecule has 1 N–H and O–H groups in total. The third-order valence-electron chi connectivity index (χ3n) is 7.58. The van der Waals surface area contributed by atoms with Crippen molar-refractivity contribution in [3.63, 3.8) is 0 Å². The number of carboxylic acid groups (broad SMARTS) is 1. The van der Waals surface area contributed by atoms with E-state index in [-0.39, 0.29) is 23.4 Å². The predicted molar refractivity (Wildman–Crippen MR) is 161 cm³/mol. The van der Waals surface area contributed by atoms with Crippen LogP contribution in [0.3, 0.4) is 0 Å². The summed E-state index contributed by atoms with van der Waals surface area (Å²) in [7, 11) is 0. The van der Waals surface area contributed by atoms with Gasteiger partial charge in [0.15, 0.2) is 0 Å². The maximum Gasteiger partial charge on any atom is 0.343 e. The van der Waals surface area contributed by atoms with Crippen LogP contribution in [0.2, 0.25) is 0 Å². The van der Waals surface area contributed by atoms with Crippen LogP contribution < -0.4 is 9.47 Å². The zero-order chi connectivity index (χ0) is 29.7. The molecule has 7 heteroatoms. The highest BCUT2D eigenvalue weighted by atomic mass is 16.5. The van der Waals surface area contributed by atoms with Gasteiger partial charge in [0.2, 0.25) is 0 Å². The van der Waals surface area contributed by atoms with E-state index in [2.05, 4.69) is 6.92 Å². The van der Waals surface area contributed by atoms with Crippen molar-refractivity contribution in [3.8, 4) is 11.5 Å². The number of hydrogen-bond acceptors (Lipinski definition) is 6. The lowest BCUT2D eigenvalue weighted by atomic mass is 9.88. The molecule has 0 aromatic heterocycles. The maximum absolute atomic E-state index is 12.8. The Bertz CT molecular complexity index is 1350. The summed E-state index contributed by atoms with van der Waals surface area (Å²) in [5.41, 5.74) is 2.75. The second-order valence-electron chi connectivity index (χ2n) is 10.8. The fraction of sp³-hybridized carbons (Fsp3) is 0.400. The molecule has 7 nitrogen and oxygen atoms in total. The van der Waals surface area contributed by atoms with Crippen LogP contribution >= 0.6 is 0 Å². The van der Waals surface area contributed by atoms with Crippen molar-refractivity contribution >= 4 is 17.9 Å². The van der Waals surface area contributed by atoms with Crippen molar-refractivity contribution < 1.29 is 33.7 Å². The van der Waals surface area contributed by atoms with Crippen LogP contribution in [0.25, 0.3) is 0 Å². The monoisotopic (exact) mass is 572 g/mol. The van der Waals surface area contributed by atoms with Gasteiger partial charge < -0.3 is 19.3 Å². The molecule has 3 aromatic rings. The molecule has 222 valence electrons. The quantitative estimate of drug-likeness (QED) is 0.112. The third-order valence-corrected chi connectivity index (χ3v) is 7.58. The molecule has 0 amide bonds. The summed E-state index contributed by atoms with van der Waals surface area (Å²) in [4.78, 5) is 36.9. The maximum atomic E-state index is 12.8. The number of aryl methyl sites for hydroxylation is 1. The van der Waals surface area contributed by atoms with Crippen LogP contribution in [0.4, 0.5) is 0 Å². The number of fused-ring (bicyclic) bond motifs is 1. The van der Waals surface area contributed by atoms with Gasteiger partial charge >= 0.3 is 17.9 Å². The minimum atomic E-state index is -1.16. The molecule has 1 aliphatic carbocycles. The first-order chi connectivity index (χ1) is 20.4. The number of unbranched alkanes of at least 4 members (excludes halogenated alkanes) is 7. The average molecular weight is 573 g/mol. The van der Waals surface area contributed by atoms with Gasteiger partial charge in [-0.2, -0.15) is 0 Å². The lowest BCUT2D eigenvalue weighted by Gasteiger charge is -2.25. The minimum absolute atomic E-state index is 0.00258. The summed E-state index contributed by atoms with van der Waals surface area (Å²) in [6.45, 7) is 2.91.